The lowest BCUT2D eigenvalue weighted by molar-refractivity contribution is -0.154. The Kier molecular flexibility index (Phi) is 4.62. The molecule has 1 atom stereocenters. The Hall–Kier alpha value is -1.23. The molecule has 1 fully saturated rings. The zero-order chi connectivity index (χ0) is 13.9. The Bertz CT molecular complexity index is 354. The van der Waals surface area contributed by atoms with Crippen molar-refractivity contribution in [1.29, 1.82) is 0 Å². The molecule has 0 N–H and O–H groups in total. The first-order valence-corrected chi connectivity index (χ1v) is 6.03. The first-order chi connectivity index (χ1) is 8.33. The lowest BCUT2D eigenvalue weighted by Crippen LogP contribution is -2.38. The fourth-order valence-corrected chi connectivity index (χ4v) is 1.64. The van der Waals surface area contributed by atoms with Crippen molar-refractivity contribution in [3.8, 4) is 0 Å². The molecule has 0 amide bonds. The van der Waals surface area contributed by atoms with Crippen LogP contribution in [-0.4, -0.2) is 37.4 Å². The summed E-state index contributed by atoms with van der Waals surface area (Å²) in [7, 11) is 2.65. The number of esters is 1. The summed E-state index contributed by atoms with van der Waals surface area (Å²) in [6.45, 7) is 3.23. The highest BCUT2D eigenvalue weighted by Crippen LogP contribution is 2.34. The molecule has 5 heteroatoms. The monoisotopic (exact) mass is 256 g/mol. The summed E-state index contributed by atoms with van der Waals surface area (Å²) in [6.07, 6.45) is 1.45. The van der Waals surface area contributed by atoms with E-state index < -0.39 is 17.5 Å². The summed E-state index contributed by atoms with van der Waals surface area (Å²) < 4.78 is 9.66. The van der Waals surface area contributed by atoms with Crippen molar-refractivity contribution in [2.24, 2.45) is 11.8 Å². The number of rotatable bonds is 7. The van der Waals surface area contributed by atoms with Crippen LogP contribution in [0.25, 0.3) is 0 Å². The minimum Gasteiger partial charge on any atom is -0.468 e. The van der Waals surface area contributed by atoms with Crippen molar-refractivity contribution >= 4 is 17.5 Å². The predicted molar refractivity (Wildman–Crippen MR) is 63.9 cm³/mol. The average Bonchev–Trinajstić information content (AvgIpc) is 3.17. The van der Waals surface area contributed by atoms with E-state index >= 15 is 0 Å². The molecule has 102 valence electrons. The van der Waals surface area contributed by atoms with Crippen LogP contribution in [-0.2, 0) is 23.9 Å². The summed E-state index contributed by atoms with van der Waals surface area (Å²) in [5.41, 5.74) is -0.990. The van der Waals surface area contributed by atoms with Gasteiger partial charge < -0.3 is 9.47 Å². The van der Waals surface area contributed by atoms with Crippen molar-refractivity contribution in [2.75, 3.05) is 14.2 Å². The molecule has 0 saturated heterocycles. The zero-order valence-corrected chi connectivity index (χ0v) is 11.3. The Morgan fingerprint density at radius 3 is 2.17 bits per heavy atom. The van der Waals surface area contributed by atoms with Gasteiger partial charge in [0.2, 0.25) is 0 Å². The fraction of sp³-hybridized carbons (Fsp3) is 0.769. The molecule has 0 heterocycles. The van der Waals surface area contributed by atoms with Gasteiger partial charge in [0.05, 0.1) is 7.11 Å². The van der Waals surface area contributed by atoms with E-state index in [2.05, 4.69) is 4.74 Å². The molecule has 18 heavy (non-hydrogen) atoms. The fourth-order valence-electron chi connectivity index (χ4n) is 1.64. The van der Waals surface area contributed by atoms with E-state index in [1.165, 1.54) is 14.2 Å². The maximum absolute atomic E-state index is 12.0. The third-order valence-corrected chi connectivity index (χ3v) is 3.38. The van der Waals surface area contributed by atoms with Gasteiger partial charge in [0.15, 0.2) is 11.6 Å². The molecule has 1 rings (SSSR count). The van der Waals surface area contributed by atoms with Crippen LogP contribution in [0.15, 0.2) is 0 Å². The molecular formula is C13H20O5. The van der Waals surface area contributed by atoms with E-state index in [1.54, 1.807) is 13.8 Å². The Morgan fingerprint density at radius 1 is 1.22 bits per heavy atom. The molecular weight excluding hydrogens is 236 g/mol. The van der Waals surface area contributed by atoms with Crippen molar-refractivity contribution in [3.05, 3.63) is 0 Å². The van der Waals surface area contributed by atoms with E-state index in [-0.39, 0.29) is 23.9 Å². The maximum atomic E-state index is 12.0. The highest BCUT2D eigenvalue weighted by Gasteiger charge is 2.42. The van der Waals surface area contributed by atoms with Gasteiger partial charge in [0, 0.05) is 19.4 Å². The van der Waals surface area contributed by atoms with Gasteiger partial charge in [-0.2, -0.15) is 0 Å². The van der Waals surface area contributed by atoms with E-state index in [4.69, 9.17) is 4.74 Å². The first-order valence-electron chi connectivity index (χ1n) is 6.03. The number of Topliss-reactive ketones (excluding diaryl/α,β-unsaturated/α-hetero) is 2. The Labute approximate surface area is 107 Å². The van der Waals surface area contributed by atoms with Crippen molar-refractivity contribution < 1.29 is 23.9 Å². The topological polar surface area (TPSA) is 69.7 Å². The minimum atomic E-state index is -0.990. The van der Waals surface area contributed by atoms with Gasteiger partial charge in [-0.1, -0.05) is 0 Å². The normalized spacial score (nSPS) is 17.1. The number of carbonyl (C=O) groups is 3. The van der Waals surface area contributed by atoms with Crippen LogP contribution in [0.2, 0.25) is 0 Å². The molecule has 0 radical (unpaired) electrons. The van der Waals surface area contributed by atoms with E-state index in [0.717, 1.165) is 12.8 Å². The molecule has 1 aliphatic rings. The highest BCUT2D eigenvalue weighted by atomic mass is 16.5. The lowest BCUT2D eigenvalue weighted by atomic mass is 9.89. The smallest absolute Gasteiger partial charge is 0.316 e. The third-order valence-electron chi connectivity index (χ3n) is 3.38. The number of methoxy groups -OCH3 is 2. The molecule has 0 aromatic heterocycles. The van der Waals surface area contributed by atoms with Crippen molar-refractivity contribution in [2.45, 2.75) is 38.7 Å². The third kappa shape index (κ3) is 3.38. The minimum absolute atomic E-state index is 0.0763. The van der Waals surface area contributed by atoms with Gasteiger partial charge in [0.25, 0.3) is 0 Å². The van der Waals surface area contributed by atoms with Gasteiger partial charge in [-0.3, -0.25) is 14.4 Å². The van der Waals surface area contributed by atoms with Crippen LogP contribution in [0.3, 0.4) is 0 Å². The van der Waals surface area contributed by atoms with Gasteiger partial charge in [-0.05, 0) is 26.7 Å². The van der Waals surface area contributed by atoms with Crippen LogP contribution in [0.4, 0.5) is 0 Å². The molecule has 5 nitrogen and oxygen atoms in total. The van der Waals surface area contributed by atoms with Crippen LogP contribution < -0.4 is 0 Å². The molecule has 0 aromatic rings. The molecule has 0 aliphatic heterocycles. The van der Waals surface area contributed by atoms with Crippen LogP contribution in [0.1, 0.15) is 33.1 Å². The number of ketones is 2. The number of ether oxygens (including phenoxy) is 2. The molecule has 1 unspecified atom stereocenters. The van der Waals surface area contributed by atoms with Crippen LogP contribution in [0.5, 0.6) is 0 Å². The van der Waals surface area contributed by atoms with E-state index in [9.17, 15) is 14.4 Å². The number of hydrogen-bond acceptors (Lipinski definition) is 5. The predicted octanol–water partition coefficient (Wildman–Crippen LogP) is 1.14. The van der Waals surface area contributed by atoms with Gasteiger partial charge in [-0.15, -0.1) is 0 Å². The second kappa shape index (κ2) is 5.61. The summed E-state index contributed by atoms with van der Waals surface area (Å²) in [4.78, 5) is 35.6. The number of carbonyl (C=O) groups excluding carboxylic acids is 3. The SMILES string of the molecule is COC(=O)C(CC(=O)C(C)(C)OC)C(=O)C1CC1. The average molecular weight is 256 g/mol. The number of hydrogen-bond donors (Lipinski definition) is 0. The highest BCUT2D eigenvalue weighted by molar-refractivity contribution is 6.05. The molecule has 1 aliphatic carbocycles. The summed E-state index contributed by atoms with van der Waals surface area (Å²) in [5, 5.41) is 0. The largest absolute Gasteiger partial charge is 0.468 e. The molecule has 1 saturated carbocycles. The second-order valence-electron chi connectivity index (χ2n) is 5.09. The first kappa shape index (κ1) is 14.8. The summed E-state index contributed by atoms with van der Waals surface area (Å²) in [6, 6.07) is 0. The molecule has 0 bridgehead atoms. The van der Waals surface area contributed by atoms with E-state index in [1.807, 2.05) is 0 Å². The van der Waals surface area contributed by atoms with Crippen LogP contribution >= 0.6 is 0 Å². The lowest BCUT2D eigenvalue weighted by Gasteiger charge is -2.23. The molecule has 0 spiro atoms. The standard InChI is InChI=1S/C13H20O5/c1-13(2,18-4)10(14)7-9(12(16)17-3)11(15)8-5-6-8/h8-9H,5-7H2,1-4H3. The van der Waals surface area contributed by atoms with Crippen LogP contribution in [0, 0.1) is 11.8 Å². The quantitative estimate of drug-likeness (QED) is 0.504. The summed E-state index contributed by atoms with van der Waals surface area (Å²) in [5.74, 6) is -2.14. The van der Waals surface area contributed by atoms with Crippen molar-refractivity contribution in [1.82, 2.24) is 0 Å². The van der Waals surface area contributed by atoms with E-state index in [0.29, 0.717) is 0 Å². The maximum Gasteiger partial charge on any atom is 0.316 e. The Balaban J connectivity index is 2.75. The molecule has 0 aromatic carbocycles. The van der Waals surface area contributed by atoms with Gasteiger partial charge >= 0.3 is 5.97 Å². The van der Waals surface area contributed by atoms with Gasteiger partial charge in [0.1, 0.15) is 11.5 Å². The van der Waals surface area contributed by atoms with Crippen molar-refractivity contribution in [3.63, 3.8) is 0 Å². The Morgan fingerprint density at radius 2 is 1.78 bits per heavy atom. The zero-order valence-electron chi connectivity index (χ0n) is 11.3. The summed E-state index contributed by atoms with van der Waals surface area (Å²) >= 11 is 0. The van der Waals surface area contributed by atoms with Gasteiger partial charge in [-0.25, -0.2) is 0 Å². The second-order valence-corrected chi connectivity index (χ2v) is 5.09.